The first-order valence-corrected chi connectivity index (χ1v) is 6.27. The van der Waals surface area contributed by atoms with Crippen LogP contribution in [0.25, 0.3) is 0 Å². The second-order valence-corrected chi connectivity index (χ2v) is 5.78. The highest BCUT2D eigenvalue weighted by Crippen LogP contribution is 2.32. The van der Waals surface area contributed by atoms with Crippen LogP contribution >= 0.6 is 0 Å². The van der Waals surface area contributed by atoms with Crippen molar-refractivity contribution in [1.82, 2.24) is 4.31 Å². The van der Waals surface area contributed by atoms with Gasteiger partial charge in [0, 0.05) is 12.7 Å². The average Bonchev–Trinajstić information content (AvgIpc) is 2.42. The van der Waals surface area contributed by atoms with Gasteiger partial charge in [0.25, 0.3) is 10.0 Å². The summed E-state index contributed by atoms with van der Waals surface area (Å²) < 4.78 is 24.2. The fourth-order valence-corrected chi connectivity index (χ4v) is 3.18. The summed E-state index contributed by atoms with van der Waals surface area (Å²) in [4.78, 5) is 23.0. The SMILES string of the molecule is CN1C(=O)C(=O)C(c2ccc(N)cc2)S1(=O)=O. The van der Waals surface area contributed by atoms with Crippen LogP contribution in [0.1, 0.15) is 10.8 Å². The third-order valence-corrected chi connectivity index (χ3v) is 4.66. The fraction of sp³-hybridized carbons (Fsp3) is 0.200. The summed E-state index contributed by atoms with van der Waals surface area (Å²) in [6.45, 7) is 0. The van der Waals surface area contributed by atoms with E-state index in [9.17, 15) is 18.0 Å². The molecular weight excluding hydrogens is 244 g/mol. The second kappa shape index (κ2) is 3.56. The Bertz CT molecular complexity index is 591. The standard InChI is InChI=1S/C10H10N2O4S/c1-12-10(14)8(13)9(17(12,15)16)6-2-4-7(11)5-3-6/h2-5,9H,11H2,1H3. The van der Waals surface area contributed by atoms with Crippen molar-refractivity contribution in [1.29, 1.82) is 0 Å². The van der Waals surface area contributed by atoms with Crippen LogP contribution in [0.5, 0.6) is 0 Å². The lowest BCUT2D eigenvalue weighted by Gasteiger charge is -2.10. The number of carbonyl (C=O) groups excluding carboxylic acids is 2. The molecule has 2 N–H and O–H groups in total. The summed E-state index contributed by atoms with van der Waals surface area (Å²) >= 11 is 0. The Kier molecular flexibility index (Phi) is 2.43. The Hall–Kier alpha value is -1.89. The van der Waals surface area contributed by atoms with E-state index in [0.717, 1.165) is 7.05 Å². The van der Waals surface area contributed by atoms with Gasteiger partial charge in [-0.05, 0) is 17.7 Å². The first kappa shape index (κ1) is 11.6. The van der Waals surface area contributed by atoms with Crippen LogP contribution < -0.4 is 5.73 Å². The third-order valence-electron chi connectivity index (χ3n) is 2.65. The Morgan fingerprint density at radius 3 is 2.12 bits per heavy atom. The number of Topliss-reactive ketones (excluding diaryl/α,β-unsaturated/α-hetero) is 1. The highest BCUT2D eigenvalue weighted by Gasteiger charge is 2.50. The molecular formula is C10H10N2O4S. The number of ketones is 1. The van der Waals surface area contributed by atoms with Gasteiger partial charge in [-0.3, -0.25) is 9.59 Å². The molecule has 1 fully saturated rings. The number of nitrogen functional groups attached to an aromatic ring is 1. The number of nitrogens with two attached hydrogens (primary N) is 1. The normalized spacial score (nSPS) is 23.1. The molecule has 1 saturated heterocycles. The van der Waals surface area contributed by atoms with Crippen LogP contribution in [0.2, 0.25) is 0 Å². The van der Waals surface area contributed by atoms with E-state index in [1.165, 1.54) is 24.3 Å². The topological polar surface area (TPSA) is 97.5 Å². The van der Waals surface area contributed by atoms with Gasteiger partial charge in [-0.25, -0.2) is 12.7 Å². The summed E-state index contributed by atoms with van der Waals surface area (Å²) in [5.74, 6) is -1.94. The predicted molar refractivity (Wildman–Crippen MR) is 60.3 cm³/mol. The molecule has 90 valence electrons. The lowest BCUT2D eigenvalue weighted by atomic mass is 10.1. The van der Waals surface area contributed by atoms with Gasteiger partial charge in [0.1, 0.15) is 0 Å². The van der Waals surface area contributed by atoms with E-state index in [2.05, 4.69) is 0 Å². The molecule has 1 unspecified atom stereocenters. The molecule has 1 heterocycles. The van der Waals surface area contributed by atoms with Gasteiger partial charge >= 0.3 is 5.91 Å². The molecule has 0 saturated carbocycles. The minimum Gasteiger partial charge on any atom is -0.399 e. The third kappa shape index (κ3) is 1.59. The average molecular weight is 254 g/mol. The molecule has 0 aliphatic carbocycles. The van der Waals surface area contributed by atoms with E-state index in [4.69, 9.17) is 5.73 Å². The molecule has 0 radical (unpaired) electrons. The highest BCUT2D eigenvalue weighted by molar-refractivity contribution is 7.91. The molecule has 0 bridgehead atoms. The number of nitrogens with zero attached hydrogens (tertiary/aromatic N) is 1. The number of anilines is 1. The van der Waals surface area contributed by atoms with Gasteiger partial charge in [0.05, 0.1) is 0 Å². The van der Waals surface area contributed by atoms with E-state index < -0.39 is 27.0 Å². The molecule has 0 aromatic heterocycles. The molecule has 1 aliphatic rings. The summed E-state index contributed by atoms with van der Waals surface area (Å²) in [5, 5.41) is -1.44. The van der Waals surface area contributed by atoms with Gasteiger partial charge in [0.2, 0.25) is 5.78 Å². The zero-order valence-corrected chi connectivity index (χ0v) is 9.77. The number of hydrogen-bond donors (Lipinski definition) is 1. The Balaban J connectivity index is 2.56. The number of amides is 1. The maximum Gasteiger partial charge on any atom is 0.305 e. The van der Waals surface area contributed by atoms with Crippen molar-refractivity contribution < 1.29 is 18.0 Å². The molecule has 17 heavy (non-hydrogen) atoms. The maximum atomic E-state index is 11.9. The number of carbonyl (C=O) groups is 2. The molecule has 1 aromatic rings. The van der Waals surface area contributed by atoms with E-state index in [1.54, 1.807) is 0 Å². The Morgan fingerprint density at radius 2 is 1.71 bits per heavy atom. The molecule has 6 nitrogen and oxygen atoms in total. The zero-order chi connectivity index (χ0) is 12.8. The Morgan fingerprint density at radius 1 is 1.18 bits per heavy atom. The second-order valence-electron chi connectivity index (χ2n) is 3.73. The van der Waals surface area contributed by atoms with E-state index in [-0.39, 0.29) is 5.56 Å². The number of likely N-dealkylation sites (N-methyl/N-ethyl adjacent to an activating group) is 1. The quantitative estimate of drug-likeness (QED) is 0.547. The molecule has 7 heteroatoms. The summed E-state index contributed by atoms with van der Waals surface area (Å²) in [6, 6.07) is 5.84. The van der Waals surface area contributed by atoms with Gasteiger partial charge in [0.15, 0.2) is 5.25 Å². The monoisotopic (exact) mass is 254 g/mol. The fourth-order valence-electron chi connectivity index (χ4n) is 1.67. The molecule has 1 aliphatic heterocycles. The van der Waals surface area contributed by atoms with Crippen LogP contribution in [0.4, 0.5) is 5.69 Å². The largest absolute Gasteiger partial charge is 0.399 e. The van der Waals surface area contributed by atoms with E-state index in [0.29, 0.717) is 9.99 Å². The van der Waals surface area contributed by atoms with Gasteiger partial charge < -0.3 is 5.73 Å². The number of benzene rings is 1. The van der Waals surface area contributed by atoms with Crippen LogP contribution in [-0.4, -0.2) is 31.5 Å². The summed E-state index contributed by atoms with van der Waals surface area (Å²) in [7, 11) is -2.86. The Labute approximate surface area is 98.1 Å². The van der Waals surface area contributed by atoms with Crippen LogP contribution in [0.3, 0.4) is 0 Å². The van der Waals surface area contributed by atoms with Crippen molar-refractivity contribution in [3.05, 3.63) is 29.8 Å². The van der Waals surface area contributed by atoms with E-state index >= 15 is 0 Å². The first-order valence-electron chi connectivity index (χ1n) is 4.77. The lowest BCUT2D eigenvalue weighted by Crippen LogP contribution is -2.26. The van der Waals surface area contributed by atoms with Crippen molar-refractivity contribution in [2.45, 2.75) is 5.25 Å². The highest BCUT2D eigenvalue weighted by atomic mass is 32.2. The predicted octanol–water partition coefficient (Wildman–Crippen LogP) is -0.319. The molecule has 1 atom stereocenters. The van der Waals surface area contributed by atoms with Crippen LogP contribution in [0.15, 0.2) is 24.3 Å². The zero-order valence-electron chi connectivity index (χ0n) is 8.95. The number of hydrogen-bond acceptors (Lipinski definition) is 5. The molecule has 1 amide bonds. The summed E-state index contributed by atoms with van der Waals surface area (Å²) in [5.41, 5.74) is 6.18. The summed E-state index contributed by atoms with van der Waals surface area (Å²) in [6.07, 6.45) is 0. The van der Waals surface area contributed by atoms with Gasteiger partial charge in [-0.2, -0.15) is 0 Å². The van der Waals surface area contributed by atoms with Crippen molar-refractivity contribution in [2.24, 2.45) is 0 Å². The molecule has 0 spiro atoms. The van der Waals surface area contributed by atoms with Crippen LogP contribution in [0, 0.1) is 0 Å². The number of sulfonamides is 1. The minimum absolute atomic E-state index is 0.252. The van der Waals surface area contributed by atoms with Gasteiger partial charge in [-0.15, -0.1) is 0 Å². The number of rotatable bonds is 1. The van der Waals surface area contributed by atoms with Crippen LogP contribution in [-0.2, 0) is 19.6 Å². The van der Waals surface area contributed by atoms with Crippen molar-refractivity contribution in [3.63, 3.8) is 0 Å². The van der Waals surface area contributed by atoms with Crippen molar-refractivity contribution in [3.8, 4) is 0 Å². The van der Waals surface area contributed by atoms with Crippen molar-refractivity contribution in [2.75, 3.05) is 12.8 Å². The van der Waals surface area contributed by atoms with Gasteiger partial charge in [-0.1, -0.05) is 12.1 Å². The van der Waals surface area contributed by atoms with E-state index in [1.807, 2.05) is 0 Å². The van der Waals surface area contributed by atoms with Crippen molar-refractivity contribution >= 4 is 27.4 Å². The first-order chi connectivity index (χ1) is 7.85. The lowest BCUT2D eigenvalue weighted by molar-refractivity contribution is -0.139. The molecule has 1 aromatic carbocycles. The maximum absolute atomic E-state index is 11.9. The molecule has 2 rings (SSSR count). The smallest absolute Gasteiger partial charge is 0.305 e. The minimum atomic E-state index is -3.94.